The van der Waals surface area contributed by atoms with Crippen molar-refractivity contribution < 1.29 is 36.1 Å². The molecular weight excluding hydrogens is 1230 g/mol. The second kappa shape index (κ2) is 86.2. The highest BCUT2D eigenvalue weighted by atomic mass is 28.4. The molecule has 0 unspecified atom stereocenters. The van der Waals surface area contributed by atoms with Crippen molar-refractivity contribution in [2.45, 2.75) is 441 Å². The average Bonchev–Trinajstić information content (AvgIpc) is 1.31. The molecule has 0 heterocycles. The van der Waals surface area contributed by atoms with Gasteiger partial charge in [-0.05, 0) is 80.3 Å². The number of isocyanates is 1. The van der Waals surface area contributed by atoms with E-state index in [1.807, 2.05) is 41.5 Å². The standard InChI is InChI=1S/C41H86N2O4Si.C32H67N.C9H19NO4Si/c1-6-11-13-15-17-19-21-23-25-27-29-31-33-35-38-43(41(44)42-37-40-48(45-8-3,46-9-4)47-10-5)39-36-34-32-30-28-26-24-22-20-18-16-14-12-7-2;1-3-5-7-9-11-13-15-17-19-21-23-25-27-29-31-33-32-30-28-26-24-22-20-18-16-14-12-10-8-6-4-2;1-4-12-15(13-5-2,14-6-3)8-7-10-9-11/h6-40H2,1-5H3,(H,42,44);33H,3-32H2,1-2H3;4-8H2,1-3H3. The molecule has 0 bridgehead atoms. The number of urea groups is 1. The van der Waals surface area contributed by atoms with E-state index in [9.17, 15) is 9.59 Å². The van der Waals surface area contributed by atoms with Crippen molar-refractivity contribution in [2.75, 3.05) is 78.9 Å². The van der Waals surface area contributed by atoms with Crippen molar-refractivity contribution in [3.63, 3.8) is 0 Å². The highest BCUT2D eigenvalue weighted by Gasteiger charge is 2.41. The van der Waals surface area contributed by atoms with Crippen LogP contribution in [0.3, 0.4) is 0 Å². The van der Waals surface area contributed by atoms with Gasteiger partial charge in [0.15, 0.2) is 0 Å². The Morgan fingerprint density at radius 3 is 0.719 bits per heavy atom. The summed E-state index contributed by atoms with van der Waals surface area (Å²) in [6, 6.07) is 1.20. The third-order valence-electron chi connectivity index (χ3n) is 18.8. The maximum absolute atomic E-state index is 13.3. The van der Waals surface area contributed by atoms with Crippen LogP contribution in [0.2, 0.25) is 12.1 Å². The van der Waals surface area contributed by atoms with E-state index in [0.29, 0.717) is 64.8 Å². The van der Waals surface area contributed by atoms with Crippen molar-refractivity contribution in [3.05, 3.63) is 0 Å². The van der Waals surface area contributed by atoms with Gasteiger partial charge in [-0.2, -0.15) is 0 Å². The number of hydrogen-bond donors (Lipinski definition) is 2. The second-order valence-corrected chi connectivity index (χ2v) is 33.3. The predicted octanol–water partition coefficient (Wildman–Crippen LogP) is 25.9. The van der Waals surface area contributed by atoms with Gasteiger partial charge >= 0.3 is 23.6 Å². The number of hydrogen-bond acceptors (Lipinski definition) is 10. The van der Waals surface area contributed by atoms with Crippen molar-refractivity contribution in [2.24, 2.45) is 4.99 Å². The first-order valence-electron chi connectivity index (χ1n) is 42.8. The van der Waals surface area contributed by atoms with E-state index in [-0.39, 0.29) is 6.03 Å². The first-order valence-corrected chi connectivity index (χ1v) is 46.7. The van der Waals surface area contributed by atoms with Gasteiger partial charge in [-0.25, -0.2) is 14.6 Å². The Morgan fingerprint density at radius 2 is 0.500 bits per heavy atom. The fourth-order valence-electron chi connectivity index (χ4n) is 13.0. The van der Waals surface area contributed by atoms with Crippen molar-refractivity contribution in [3.8, 4) is 0 Å². The van der Waals surface area contributed by atoms with Gasteiger partial charge in [-0.3, -0.25) is 0 Å². The Kier molecular flexibility index (Phi) is 88.9. The van der Waals surface area contributed by atoms with Crippen LogP contribution in [0.15, 0.2) is 4.99 Å². The molecule has 0 rings (SSSR count). The molecule has 0 fully saturated rings. The molecule has 0 atom stereocenters. The third kappa shape index (κ3) is 75.5. The SMILES string of the molecule is CCCCCCCCCCCCCCCCN(CCCCCCCCCCCCCCCC)C(=O)NCC[Si](OCC)(OCC)OCC.CCCCCCCCCCCCCCCCNCCCCCCCCCCCCCCCC.CCO[Si](CCN=C=O)(OCC)OCC. The molecule has 0 aromatic rings. The Bertz CT molecular complexity index is 1410. The molecule has 0 radical (unpaired) electrons. The molecule has 2 amide bonds. The lowest BCUT2D eigenvalue weighted by Gasteiger charge is -2.29. The first kappa shape index (κ1) is 99.0. The maximum Gasteiger partial charge on any atom is 0.502 e. The number of aliphatic imine (C=N–C) groups is 1. The molecule has 0 spiro atoms. The highest BCUT2D eigenvalue weighted by molar-refractivity contribution is 6.61. The van der Waals surface area contributed by atoms with Crippen LogP contribution >= 0.6 is 0 Å². The minimum absolute atomic E-state index is 0.0618. The molecule has 2 N–H and O–H groups in total. The van der Waals surface area contributed by atoms with Gasteiger partial charge in [0.1, 0.15) is 0 Å². The van der Waals surface area contributed by atoms with Crippen LogP contribution in [0, 0.1) is 0 Å². The average molecular weight is 1400 g/mol. The van der Waals surface area contributed by atoms with Gasteiger partial charge in [-0.1, -0.05) is 362 Å². The van der Waals surface area contributed by atoms with Gasteiger partial charge in [0.25, 0.3) is 0 Å². The van der Waals surface area contributed by atoms with E-state index in [1.165, 1.54) is 366 Å². The Morgan fingerprint density at radius 1 is 0.292 bits per heavy atom. The van der Waals surface area contributed by atoms with Crippen LogP contribution < -0.4 is 10.6 Å². The summed E-state index contributed by atoms with van der Waals surface area (Å²) in [7, 11) is -5.36. The molecular formula is C82H172N4O8Si2. The predicted molar refractivity (Wildman–Crippen MR) is 423 cm³/mol. The van der Waals surface area contributed by atoms with Crippen LogP contribution in [0.25, 0.3) is 0 Å². The lowest BCUT2D eigenvalue weighted by molar-refractivity contribution is 0.0708. The molecule has 0 aromatic heterocycles. The van der Waals surface area contributed by atoms with E-state index in [4.69, 9.17) is 26.6 Å². The smallest absolute Gasteiger partial charge is 0.374 e. The highest BCUT2D eigenvalue weighted by Crippen LogP contribution is 2.21. The molecule has 12 nitrogen and oxygen atoms in total. The van der Waals surface area contributed by atoms with Crippen LogP contribution in [0.5, 0.6) is 0 Å². The zero-order valence-corrected chi connectivity index (χ0v) is 68.7. The van der Waals surface area contributed by atoms with Gasteiger partial charge < -0.3 is 42.1 Å². The first-order chi connectivity index (χ1) is 47.2. The van der Waals surface area contributed by atoms with E-state index in [1.54, 1.807) is 0 Å². The number of amides is 2. The summed E-state index contributed by atoms with van der Waals surface area (Å²) in [5.74, 6) is 0. The summed E-state index contributed by atoms with van der Waals surface area (Å²) >= 11 is 0. The fraction of sp³-hybridized carbons (Fsp3) is 0.976. The summed E-state index contributed by atoms with van der Waals surface area (Å²) < 4.78 is 34.7. The largest absolute Gasteiger partial charge is 0.502 e. The lowest BCUT2D eigenvalue weighted by Crippen LogP contribution is -2.49. The number of unbranched alkanes of at least 4 members (excludes halogenated alkanes) is 52. The van der Waals surface area contributed by atoms with E-state index < -0.39 is 17.6 Å². The number of carbonyl (C=O) groups is 1. The van der Waals surface area contributed by atoms with Crippen molar-refractivity contribution >= 4 is 29.7 Å². The zero-order chi connectivity index (χ0) is 70.7. The van der Waals surface area contributed by atoms with Crippen LogP contribution in [-0.4, -0.2) is 114 Å². The van der Waals surface area contributed by atoms with E-state index in [0.717, 1.165) is 25.9 Å². The zero-order valence-electron chi connectivity index (χ0n) is 66.7. The number of nitrogens with one attached hydrogen (secondary N) is 2. The molecule has 14 heteroatoms. The molecule has 0 saturated carbocycles. The molecule has 0 aliphatic rings. The monoisotopic (exact) mass is 1400 g/mol. The second-order valence-electron chi connectivity index (χ2n) is 27.8. The van der Waals surface area contributed by atoms with Gasteiger partial charge in [0, 0.05) is 71.4 Å². The number of nitrogens with zero attached hydrogens (tertiary/aromatic N) is 2. The number of carbonyl (C=O) groups excluding carboxylic acids is 2. The molecule has 0 aliphatic heterocycles. The summed E-state index contributed by atoms with van der Waals surface area (Å²) in [5.41, 5.74) is 0. The molecule has 96 heavy (non-hydrogen) atoms. The van der Waals surface area contributed by atoms with Crippen LogP contribution in [-0.2, 0) is 31.4 Å². The Labute approximate surface area is 603 Å². The van der Waals surface area contributed by atoms with Crippen LogP contribution in [0.1, 0.15) is 429 Å². The summed E-state index contributed by atoms with van der Waals surface area (Å²) in [4.78, 5) is 28.9. The molecule has 0 aromatic carbocycles. The molecule has 576 valence electrons. The summed E-state index contributed by atoms with van der Waals surface area (Å²) in [6.07, 6.45) is 80.1. The summed E-state index contributed by atoms with van der Waals surface area (Å²) in [6.45, 7) is 29.2. The molecule has 0 saturated heterocycles. The third-order valence-corrected chi connectivity index (χ3v) is 24.8. The van der Waals surface area contributed by atoms with E-state index in [2.05, 4.69) is 48.2 Å². The number of rotatable bonds is 78. The fourth-order valence-corrected chi connectivity index (χ4v) is 17.8. The van der Waals surface area contributed by atoms with Gasteiger partial charge in [0.2, 0.25) is 6.08 Å². The normalized spacial score (nSPS) is 11.6. The topological polar surface area (TPSA) is 129 Å². The summed E-state index contributed by atoms with van der Waals surface area (Å²) in [5, 5.41) is 6.87. The van der Waals surface area contributed by atoms with Crippen molar-refractivity contribution in [1.82, 2.24) is 15.5 Å². The molecule has 0 aliphatic carbocycles. The lowest BCUT2D eigenvalue weighted by atomic mass is 10.0. The minimum Gasteiger partial charge on any atom is -0.374 e. The quantitative estimate of drug-likeness (QED) is 0.0265. The van der Waals surface area contributed by atoms with Gasteiger partial charge in [0.05, 0.1) is 6.54 Å². The van der Waals surface area contributed by atoms with E-state index >= 15 is 0 Å². The van der Waals surface area contributed by atoms with Crippen molar-refractivity contribution in [1.29, 1.82) is 0 Å². The Balaban J connectivity index is -0.00000154. The van der Waals surface area contributed by atoms with Crippen LogP contribution in [0.4, 0.5) is 4.79 Å². The Hall–Kier alpha value is -1.20. The maximum atomic E-state index is 13.3. The minimum atomic E-state index is -2.75. The van der Waals surface area contributed by atoms with Gasteiger partial charge in [-0.15, -0.1) is 0 Å².